The van der Waals surface area contributed by atoms with Crippen molar-refractivity contribution < 1.29 is 18.3 Å². The van der Waals surface area contributed by atoms with Gasteiger partial charge in [-0.15, -0.1) is 0 Å². The van der Waals surface area contributed by atoms with E-state index in [-0.39, 0.29) is 12.6 Å². The van der Waals surface area contributed by atoms with Crippen molar-refractivity contribution in [2.24, 2.45) is 5.73 Å². The van der Waals surface area contributed by atoms with E-state index in [4.69, 9.17) is 22.4 Å². The lowest BCUT2D eigenvalue weighted by Crippen LogP contribution is -2.24. The van der Waals surface area contributed by atoms with Crippen molar-refractivity contribution >= 4 is 23.4 Å². The highest BCUT2D eigenvalue weighted by molar-refractivity contribution is 7.99. The minimum Gasteiger partial charge on any atom is -0.395 e. The Balaban J connectivity index is 2.03. The minimum atomic E-state index is -4.35. The number of hydrogen-bond donors (Lipinski definition) is 2. The van der Waals surface area contributed by atoms with E-state index in [1.54, 1.807) is 12.1 Å². The highest BCUT2D eigenvalue weighted by Crippen LogP contribution is 2.35. The van der Waals surface area contributed by atoms with Crippen LogP contribution in [-0.4, -0.2) is 17.8 Å². The van der Waals surface area contributed by atoms with Crippen molar-refractivity contribution in [3.63, 3.8) is 0 Å². The topological polar surface area (TPSA) is 46.2 Å². The number of alkyl halides is 3. The molecule has 136 valence electrons. The highest BCUT2D eigenvalue weighted by atomic mass is 35.5. The van der Waals surface area contributed by atoms with Crippen LogP contribution in [0.25, 0.3) is 0 Å². The van der Waals surface area contributed by atoms with Gasteiger partial charge in [-0.05, 0) is 55.2 Å². The third-order valence-corrected chi connectivity index (χ3v) is 5.01. The average molecular weight is 390 g/mol. The number of nitrogens with two attached hydrogens (primary N) is 1. The van der Waals surface area contributed by atoms with E-state index in [2.05, 4.69) is 0 Å². The summed E-state index contributed by atoms with van der Waals surface area (Å²) in [6, 6.07) is 10.5. The molecule has 2 nitrogen and oxygen atoms in total. The van der Waals surface area contributed by atoms with Crippen LogP contribution in [0.4, 0.5) is 13.2 Å². The van der Waals surface area contributed by atoms with Gasteiger partial charge in [0.25, 0.3) is 0 Å². The van der Waals surface area contributed by atoms with E-state index in [0.717, 1.165) is 35.4 Å². The molecular formula is C18H19ClF3NOS. The number of aryl methyl sites for hydroxylation is 1. The maximum Gasteiger partial charge on any atom is 0.416 e. The Morgan fingerprint density at radius 2 is 1.84 bits per heavy atom. The number of halogens is 4. The van der Waals surface area contributed by atoms with Gasteiger partial charge in [0.05, 0.1) is 12.2 Å². The third kappa shape index (κ3) is 6.22. The molecule has 0 aliphatic carbocycles. The van der Waals surface area contributed by atoms with Crippen molar-refractivity contribution in [3.8, 4) is 0 Å². The van der Waals surface area contributed by atoms with Crippen LogP contribution in [0, 0.1) is 0 Å². The molecule has 0 fully saturated rings. The second kappa shape index (κ2) is 8.94. The Hall–Kier alpha value is -1.21. The molecule has 0 radical (unpaired) electrons. The number of aliphatic hydroxyl groups is 1. The Labute approximate surface area is 154 Å². The number of aliphatic hydroxyl groups excluding tert-OH is 1. The summed E-state index contributed by atoms with van der Waals surface area (Å²) in [5.41, 5.74) is 5.95. The summed E-state index contributed by atoms with van der Waals surface area (Å²) in [4.78, 5) is 1.28. The Morgan fingerprint density at radius 1 is 1.12 bits per heavy atom. The fourth-order valence-corrected chi connectivity index (χ4v) is 3.57. The quantitative estimate of drug-likeness (QED) is 0.688. The first-order valence-electron chi connectivity index (χ1n) is 7.79. The van der Waals surface area contributed by atoms with Crippen LogP contribution >= 0.6 is 23.4 Å². The van der Waals surface area contributed by atoms with E-state index in [1.165, 1.54) is 17.8 Å². The maximum atomic E-state index is 12.8. The molecule has 0 heterocycles. The molecule has 0 aliphatic rings. The second-order valence-corrected chi connectivity index (χ2v) is 7.27. The predicted molar refractivity (Wildman–Crippen MR) is 95.0 cm³/mol. The van der Waals surface area contributed by atoms with Gasteiger partial charge in [0.15, 0.2) is 0 Å². The number of rotatable bonds is 7. The Kier molecular flexibility index (Phi) is 7.19. The predicted octanol–water partition coefficient (Wildman–Crippen LogP) is 5.15. The smallest absolute Gasteiger partial charge is 0.395 e. The van der Waals surface area contributed by atoms with Crippen molar-refractivity contribution in [1.82, 2.24) is 0 Å². The zero-order valence-corrected chi connectivity index (χ0v) is 15.0. The van der Waals surface area contributed by atoms with Crippen molar-refractivity contribution in [2.75, 3.05) is 6.61 Å². The summed E-state index contributed by atoms with van der Waals surface area (Å²) < 4.78 is 38.3. The van der Waals surface area contributed by atoms with Gasteiger partial charge in [0.1, 0.15) is 0 Å². The summed E-state index contributed by atoms with van der Waals surface area (Å²) in [6.45, 7) is -0.0414. The fraction of sp³-hybridized carbons (Fsp3) is 0.333. The molecule has 0 spiro atoms. The normalized spacial score (nSPS) is 13.0. The van der Waals surface area contributed by atoms with Crippen molar-refractivity contribution in [3.05, 3.63) is 58.6 Å². The SMILES string of the molecule is NC(CO)CCCc1ccc(Sc2cccc(C(F)(F)F)c2)cc1Cl. The summed E-state index contributed by atoms with van der Waals surface area (Å²) >= 11 is 7.51. The molecule has 0 bridgehead atoms. The van der Waals surface area contributed by atoms with Crippen molar-refractivity contribution in [1.29, 1.82) is 0 Å². The molecule has 0 aromatic heterocycles. The Bertz CT molecular complexity index is 709. The first-order chi connectivity index (χ1) is 11.8. The fourth-order valence-electron chi connectivity index (χ4n) is 2.31. The molecule has 1 atom stereocenters. The van der Waals surface area contributed by atoms with Crippen LogP contribution in [0.2, 0.25) is 5.02 Å². The summed E-state index contributed by atoms with van der Waals surface area (Å²) in [6.07, 6.45) is -2.11. The van der Waals surface area contributed by atoms with Crippen LogP contribution < -0.4 is 5.73 Å². The average Bonchev–Trinajstić information content (AvgIpc) is 2.56. The van der Waals surface area contributed by atoms with E-state index >= 15 is 0 Å². The lowest BCUT2D eigenvalue weighted by Gasteiger charge is -2.11. The van der Waals surface area contributed by atoms with E-state index in [0.29, 0.717) is 16.3 Å². The van der Waals surface area contributed by atoms with Gasteiger partial charge >= 0.3 is 6.18 Å². The molecule has 0 saturated carbocycles. The third-order valence-electron chi connectivity index (χ3n) is 3.68. The summed E-state index contributed by atoms with van der Waals surface area (Å²) in [5, 5.41) is 9.49. The summed E-state index contributed by atoms with van der Waals surface area (Å²) in [7, 11) is 0. The molecule has 7 heteroatoms. The zero-order valence-electron chi connectivity index (χ0n) is 13.4. The first-order valence-corrected chi connectivity index (χ1v) is 8.99. The molecule has 25 heavy (non-hydrogen) atoms. The standard InChI is InChI=1S/C18H19ClF3NOS/c19-17-10-16(8-7-12(17)3-1-5-14(23)11-24)25-15-6-2-4-13(9-15)18(20,21)22/h2,4,6-10,14,24H,1,3,5,11,23H2. The highest BCUT2D eigenvalue weighted by Gasteiger charge is 2.30. The largest absolute Gasteiger partial charge is 0.416 e. The monoisotopic (exact) mass is 389 g/mol. The Morgan fingerprint density at radius 3 is 2.48 bits per heavy atom. The second-order valence-electron chi connectivity index (χ2n) is 5.72. The van der Waals surface area contributed by atoms with Crippen LogP contribution in [0.5, 0.6) is 0 Å². The van der Waals surface area contributed by atoms with Gasteiger partial charge in [0.2, 0.25) is 0 Å². The maximum absolute atomic E-state index is 12.8. The van der Waals surface area contributed by atoms with Crippen molar-refractivity contribution in [2.45, 2.75) is 41.3 Å². The molecule has 2 rings (SSSR count). The van der Waals surface area contributed by atoms with Gasteiger partial charge in [-0.1, -0.05) is 35.5 Å². The van der Waals surface area contributed by atoms with E-state index < -0.39 is 11.7 Å². The van der Waals surface area contributed by atoms with E-state index in [1.807, 2.05) is 12.1 Å². The van der Waals surface area contributed by atoms with Crippen LogP contribution in [0.15, 0.2) is 52.3 Å². The molecular weight excluding hydrogens is 371 g/mol. The van der Waals surface area contributed by atoms with E-state index in [9.17, 15) is 13.2 Å². The lowest BCUT2D eigenvalue weighted by atomic mass is 10.1. The molecule has 0 saturated heterocycles. The van der Waals surface area contributed by atoms with Gasteiger partial charge in [-0.3, -0.25) is 0 Å². The number of benzene rings is 2. The first kappa shape index (κ1) is 20.1. The number of hydrogen-bond acceptors (Lipinski definition) is 3. The molecule has 0 aliphatic heterocycles. The molecule has 2 aromatic carbocycles. The van der Waals surface area contributed by atoms with Crippen LogP contribution in [-0.2, 0) is 12.6 Å². The molecule has 2 aromatic rings. The lowest BCUT2D eigenvalue weighted by molar-refractivity contribution is -0.137. The van der Waals surface area contributed by atoms with Crippen LogP contribution in [0.1, 0.15) is 24.0 Å². The van der Waals surface area contributed by atoms with Gasteiger partial charge in [0, 0.05) is 20.9 Å². The molecule has 1 unspecified atom stereocenters. The van der Waals surface area contributed by atoms with Crippen LogP contribution in [0.3, 0.4) is 0 Å². The van der Waals surface area contributed by atoms with Gasteiger partial charge in [-0.25, -0.2) is 0 Å². The minimum absolute atomic E-state index is 0.0414. The van der Waals surface area contributed by atoms with Gasteiger partial charge < -0.3 is 10.8 Å². The summed E-state index contributed by atoms with van der Waals surface area (Å²) in [5.74, 6) is 0. The molecule has 3 N–H and O–H groups in total. The van der Waals surface area contributed by atoms with Gasteiger partial charge in [-0.2, -0.15) is 13.2 Å². The zero-order chi connectivity index (χ0) is 18.4. The molecule has 0 amide bonds.